The van der Waals surface area contributed by atoms with Crippen molar-refractivity contribution in [1.82, 2.24) is 5.32 Å². The molecule has 3 nitrogen and oxygen atoms in total. The molecule has 3 N–H and O–H groups in total. The van der Waals surface area contributed by atoms with Crippen molar-refractivity contribution >= 4 is 11.8 Å². The molecule has 0 aliphatic carbocycles. The van der Waals surface area contributed by atoms with Crippen LogP contribution in [0.2, 0.25) is 0 Å². The molecule has 0 aromatic heterocycles. The van der Waals surface area contributed by atoms with Crippen LogP contribution in [-0.2, 0) is 0 Å². The standard InChI is InChI=1S/C9H19NO2S/c11-3-1-2-4-13-7-8-5-10-6-9(8)12/h8-12H,1-7H2/t8-,9?/m1/s1. The van der Waals surface area contributed by atoms with E-state index in [1.807, 2.05) is 11.8 Å². The molecule has 1 rings (SSSR count). The van der Waals surface area contributed by atoms with Crippen LogP contribution in [0, 0.1) is 5.92 Å². The van der Waals surface area contributed by atoms with E-state index in [2.05, 4.69) is 5.32 Å². The molecule has 0 radical (unpaired) electrons. The van der Waals surface area contributed by atoms with Crippen LogP contribution in [0.3, 0.4) is 0 Å². The molecule has 1 unspecified atom stereocenters. The Balaban J connectivity index is 1.93. The minimum absolute atomic E-state index is 0.148. The van der Waals surface area contributed by atoms with E-state index in [0.29, 0.717) is 12.5 Å². The van der Waals surface area contributed by atoms with Gasteiger partial charge < -0.3 is 15.5 Å². The SMILES string of the molecule is OCCCCSC[C@H]1CNCC1O. The number of aliphatic hydroxyl groups excluding tert-OH is 2. The monoisotopic (exact) mass is 205 g/mol. The number of aliphatic hydroxyl groups is 2. The molecule has 13 heavy (non-hydrogen) atoms. The molecular weight excluding hydrogens is 186 g/mol. The van der Waals surface area contributed by atoms with Gasteiger partial charge in [-0.2, -0.15) is 11.8 Å². The minimum atomic E-state index is -0.148. The summed E-state index contributed by atoms with van der Waals surface area (Å²) in [5.41, 5.74) is 0. The fraction of sp³-hybridized carbons (Fsp3) is 1.00. The van der Waals surface area contributed by atoms with Crippen LogP contribution in [0.4, 0.5) is 0 Å². The van der Waals surface area contributed by atoms with Crippen molar-refractivity contribution in [1.29, 1.82) is 0 Å². The van der Waals surface area contributed by atoms with Crippen molar-refractivity contribution in [3.05, 3.63) is 0 Å². The molecule has 78 valence electrons. The summed E-state index contributed by atoms with van der Waals surface area (Å²) in [7, 11) is 0. The van der Waals surface area contributed by atoms with Crippen LogP contribution < -0.4 is 5.32 Å². The number of nitrogens with one attached hydrogen (secondary N) is 1. The second-order valence-electron chi connectivity index (χ2n) is 3.49. The molecule has 0 bridgehead atoms. The first-order valence-corrected chi connectivity index (χ1v) is 6.07. The lowest BCUT2D eigenvalue weighted by molar-refractivity contribution is 0.158. The van der Waals surface area contributed by atoms with E-state index >= 15 is 0 Å². The molecule has 2 atom stereocenters. The fourth-order valence-corrected chi connectivity index (χ4v) is 2.66. The van der Waals surface area contributed by atoms with Crippen LogP contribution in [-0.4, -0.2) is 47.5 Å². The highest BCUT2D eigenvalue weighted by atomic mass is 32.2. The summed E-state index contributed by atoms with van der Waals surface area (Å²) in [6.45, 7) is 2.00. The Hall–Kier alpha value is 0.230. The van der Waals surface area contributed by atoms with Crippen molar-refractivity contribution < 1.29 is 10.2 Å². The van der Waals surface area contributed by atoms with Crippen molar-refractivity contribution in [2.45, 2.75) is 18.9 Å². The molecule has 0 aromatic carbocycles. The van der Waals surface area contributed by atoms with E-state index in [9.17, 15) is 5.11 Å². The Bertz CT molecular complexity index is 135. The molecular formula is C9H19NO2S. The normalized spacial score (nSPS) is 28.2. The van der Waals surface area contributed by atoms with Gasteiger partial charge >= 0.3 is 0 Å². The second-order valence-corrected chi connectivity index (χ2v) is 4.64. The number of hydrogen-bond acceptors (Lipinski definition) is 4. The highest BCUT2D eigenvalue weighted by Gasteiger charge is 2.24. The fourth-order valence-electron chi connectivity index (χ4n) is 1.44. The predicted octanol–water partition coefficient (Wildman–Crippen LogP) is 0.0724. The van der Waals surface area contributed by atoms with Crippen LogP contribution in [0.5, 0.6) is 0 Å². The van der Waals surface area contributed by atoms with E-state index in [1.54, 1.807) is 0 Å². The molecule has 1 saturated heterocycles. The van der Waals surface area contributed by atoms with E-state index in [0.717, 1.165) is 37.4 Å². The maximum absolute atomic E-state index is 9.48. The van der Waals surface area contributed by atoms with Gasteiger partial charge in [0.05, 0.1) is 6.10 Å². The first-order valence-electron chi connectivity index (χ1n) is 4.92. The Morgan fingerprint density at radius 1 is 1.31 bits per heavy atom. The lowest BCUT2D eigenvalue weighted by atomic mass is 10.1. The number of thioether (sulfide) groups is 1. The Morgan fingerprint density at radius 2 is 2.15 bits per heavy atom. The topological polar surface area (TPSA) is 52.5 Å². The average Bonchev–Trinajstić information content (AvgIpc) is 2.52. The van der Waals surface area contributed by atoms with Gasteiger partial charge in [0.25, 0.3) is 0 Å². The largest absolute Gasteiger partial charge is 0.396 e. The molecule has 1 heterocycles. The number of unbranched alkanes of at least 4 members (excludes halogenated alkanes) is 1. The third-order valence-electron chi connectivity index (χ3n) is 2.33. The van der Waals surface area contributed by atoms with E-state index in [-0.39, 0.29) is 6.10 Å². The first-order chi connectivity index (χ1) is 6.34. The molecule has 0 saturated carbocycles. The smallest absolute Gasteiger partial charge is 0.0712 e. The molecule has 0 spiro atoms. The number of β-amino-alcohol motifs (C(OH)–C–C–N with tert-alkyl or cyclic N) is 1. The molecule has 1 fully saturated rings. The zero-order chi connectivity index (χ0) is 9.52. The van der Waals surface area contributed by atoms with Gasteiger partial charge in [0.15, 0.2) is 0 Å². The highest BCUT2D eigenvalue weighted by Crippen LogP contribution is 2.16. The lowest BCUT2D eigenvalue weighted by Gasteiger charge is -2.11. The summed E-state index contributed by atoms with van der Waals surface area (Å²) in [5.74, 6) is 2.57. The van der Waals surface area contributed by atoms with Gasteiger partial charge in [-0.05, 0) is 24.3 Å². The predicted molar refractivity (Wildman–Crippen MR) is 56.0 cm³/mol. The lowest BCUT2D eigenvalue weighted by Crippen LogP contribution is -2.19. The van der Waals surface area contributed by atoms with Crippen LogP contribution in [0.1, 0.15) is 12.8 Å². The summed E-state index contributed by atoms with van der Waals surface area (Å²) >= 11 is 1.88. The Kier molecular flexibility index (Phi) is 5.78. The third-order valence-corrected chi connectivity index (χ3v) is 3.57. The van der Waals surface area contributed by atoms with Crippen LogP contribution >= 0.6 is 11.8 Å². The van der Waals surface area contributed by atoms with E-state index < -0.39 is 0 Å². The molecule has 1 aliphatic rings. The summed E-state index contributed by atoms with van der Waals surface area (Å²) in [4.78, 5) is 0. The van der Waals surface area contributed by atoms with Crippen molar-refractivity contribution in [2.75, 3.05) is 31.2 Å². The quantitative estimate of drug-likeness (QED) is 0.537. The van der Waals surface area contributed by atoms with Gasteiger partial charge in [0.1, 0.15) is 0 Å². The summed E-state index contributed by atoms with van der Waals surface area (Å²) < 4.78 is 0. The summed E-state index contributed by atoms with van der Waals surface area (Å²) in [5, 5.41) is 21.2. The average molecular weight is 205 g/mol. The molecule has 4 heteroatoms. The minimum Gasteiger partial charge on any atom is -0.396 e. The zero-order valence-corrected chi connectivity index (χ0v) is 8.72. The first kappa shape index (κ1) is 11.3. The van der Waals surface area contributed by atoms with Crippen molar-refractivity contribution in [2.24, 2.45) is 5.92 Å². The van der Waals surface area contributed by atoms with Gasteiger partial charge in [-0.3, -0.25) is 0 Å². The molecule has 0 amide bonds. The second kappa shape index (κ2) is 6.65. The Morgan fingerprint density at radius 3 is 2.77 bits per heavy atom. The van der Waals surface area contributed by atoms with Gasteiger partial charge in [0.2, 0.25) is 0 Å². The van der Waals surface area contributed by atoms with Gasteiger partial charge in [0, 0.05) is 25.6 Å². The summed E-state index contributed by atoms with van der Waals surface area (Å²) in [6, 6.07) is 0. The highest BCUT2D eigenvalue weighted by molar-refractivity contribution is 7.99. The van der Waals surface area contributed by atoms with Crippen LogP contribution in [0.15, 0.2) is 0 Å². The van der Waals surface area contributed by atoms with Gasteiger partial charge in [-0.15, -0.1) is 0 Å². The molecule has 1 aliphatic heterocycles. The summed E-state index contributed by atoms with van der Waals surface area (Å²) in [6.07, 6.45) is 1.83. The van der Waals surface area contributed by atoms with Gasteiger partial charge in [-0.25, -0.2) is 0 Å². The zero-order valence-electron chi connectivity index (χ0n) is 7.91. The van der Waals surface area contributed by atoms with Crippen molar-refractivity contribution in [3.8, 4) is 0 Å². The van der Waals surface area contributed by atoms with E-state index in [1.165, 1.54) is 0 Å². The number of hydrogen-bond donors (Lipinski definition) is 3. The Labute approximate surface area is 83.9 Å². The number of rotatable bonds is 6. The van der Waals surface area contributed by atoms with Crippen LogP contribution in [0.25, 0.3) is 0 Å². The molecule has 0 aromatic rings. The van der Waals surface area contributed by atoms with Gasteiger partial charge in [-0.1, -0.05) is 0 Å². The van der Waals surface area contributed by atoms with E-state index in [4.69, 9.17) is 5.11 Å². The maximum atomic E-state index is 9.48. The third kappa shape index (κ3) is 4.31. The maximum Gasteiger partial charge on any atom is 0.0712 e. The van der Waals surface area contributed by atoms with Crippen molar-refractivity contribution in [3.63, 3.8) is 0 Å².